The number of amides is 1. The first-order chi connectivity index (χ1) is 23.2. The molecule has 3 atom stereocenters. The summed E-state index contributed by atoms with van der Waals surface area (Å²) >= 11 is 0. The highest BCUT2D eigenvalue weighted by Crippen LogP contribution is 2.45. The first kappa shape index (κ1) is 34.3. The summed E-state index contributed by atoms with van der Waals surface area (Å²) in [5.74, 6) is 0.525. The van der Waals surface area contributed by atoms with Gasteiger partial charge in [-0.2, -0.15) is 26.3 Å². The number of hydrogen-bond donors (Lipinski definition) is 0. The van der Waals surface area contributed by atoms with Crippen LogP contribution in [0, 0.1) is 0 Å². The van der Waals surface area contributed by atoms with E-state index in [1.54, 1.807) is 13.1 Å². The average molecular weight is 693 g/mol. The van der Waals surface area contributed by atoms with Crippen LogP contribution in [-0.2, 0) is 39.6 Å². The molecular formula is C34H34F6N4O5. The van der Waals surface area contributed by atoms with Crippen molar-refractivity contribution in [2.75, 3.05) is 31.7 Å². The van der Waals surface area contributed by atoms with Gasteiger partial charge in [-0.3, -0.25) is 9.69 Å². The molecule has 0 radical (unpaired) electrons. The minimum absolute atomic E-state index is 0.0362. The summed E-state index contributed by atoms with van der Waals surface area (Å²) in [6.45, 7) is 4.76. The number of hydrogen-bond acceptors (Lipinski definition) is 8. The third kappa shape index (κ3) is 6.84. The van der Waals surface area contributed by atoms with Crippen LogP contribution in [0.15, 0.2) is 36.5 Å². The second-order valence-corrected chi connectivity index (χ2v) is 12.4. The lowest BCUT2D eigenvalue weighted by Gasteiger charge is -2.31. The Hall–Kier alpha value is -4.56. The van der Waals surface area contributed by atoms with Crippen molar-refractivity contribution in [2.45, 2.75) is 76.5 Å². The number of rotatable bonds is 9. The Bertz CT molecular complexity index is 1730. The van der Waals surface area contributed by atoms with Crippen LogP contribution in [-0.4, -0.2) is 59.8 Å². The zero-order chi connectivity index (χ0) is 35.2. The monoisotopic (exact) mass is 692 g/mol. The largest absolute Gasteiger partial charge is 0.496 e. The zero-order valence-electron chi connectivity index (χ0n) is 27.0. The van der Waals surface area contributed by atoms with Gasteiger partial charge in [0, 0.05) is 30.4 Å². The van der Waals surface area contributed by atoms with E-state index in [0.29, 0.717) is 40.7 Å². The van der Waals surface area contributed by atoms with Gasteiger partial charge in [-0.15, -0.1) is 0 Å². The van der Waals surface area contributed by atoms with E-state index in [1.165, 1.54) is 18.9 Å². The average Bonchev–Trinajstić information content (AvgIpc) is 3.53. The maximum absolute atomic E-state index is 13.6. The molecular weight excluding hydrogens is 658 g/mol. The number of carbonyl (C=O) groups is 2. The molecule has 1 amide bonds. The van der Waals surface area contributed by atoms with Crippen molar-refractivity contribution in [3.63, 3.8) is 0 Å². The van der Waals surface area contributed by atoms with Crippen LogP contribution in [0.2, 0.25) is 0 Å². The van der Waals surface area contributed by atoms with Crippen LogP contribution < -0.4 is 9.64 Å². The van der Waals surface area contributed by atoms with Crippen LogP contribution in [0.1, 0.15) is 78.6 Å². The van der Waals surface area contributed by atoms with Crippen LogP contribution in [0.3, 0.4) is 0 Å². The number of carbonyl (C=O) groups excluding carboxylic acids is 2. The minimum atomic E-state index is -5.06. The van der Waals surface area contributed by atoms with Crippen LogP contribution in [0.4, 0.5) is 37.1 Å². The fourth-order valence-corrected chi connectivity index (χ4v) is 6.62. The number of halogens is 6. The Balaban J connectivity index is 1.38. The quantitative estimate of drug-likeness (QED) is 0.169. The van der Waals surface area contributed by atoms with Gasteiger partial charge in [0.05, 0.1) is 49.5 Å². The van der Waals surface area contributed by atoms with E-state index in [9.17, 15) is 35.9 Å². The minimum Gasteiger partial charge on any atom is -0.496 e. The van der Waals surface area contributed by atoms with Crippen molar-refractivity contribution in [3.05, 3.63) is 70.0 Å². The first-order valence-electron chi connectivity index (χ1n) is 15.9. The summed E-state index contributed by atoms with van der Waals surface area (Å²) in [6, 6.07) is 4.04. The summed E-state index contributed by atoms with van der Waals surface area (Å²) in [7, 11) is 1.51. The van der Waals surface area contributed by atoms with E-state index in [2.05, 4.69) is 4.98 Å². The first-order valence-corrected chi connectivity index (χ1v) is 15.9. The lowest BCUT2D eigenvalue weighted by atomic mass is 9.93. The van der Waals surface area contributed by atoms with Crippen LogP contribution in [0.5, 0.6) is 5.75 Å². The lowest BCUT2D eigenvalue weighted by Crippen LogP contribution is -2.39. The molecule has 0 bridgehead atoms. The van der Waals surface area contributed by atoms with E-state index in [4.69, 9.17) is 19.2 Å². The topological polar surface area (TPSA) is 94.1 Å². The maximum atomic E-state index is 13.6. The Labute approximate surface area is 278 Å². The Morgan fingerprint density at radius 3 is 2.31 bits per heavy atom. The molecule has 3 heterocycles. The van der Waals surface area contributed by atoms with E-state index in [-0.39, 0.29) is 37.5 Å². The van der Waals surface area contributed by atoms with Gasteiger partial charge in [-0.05, 0) is 86.1 Å². The second-order valence-electron chi connectivity index (χ2n) is 12.4. The van der Waals surface area contributed by atoms with Gasteiger partial charge >= 0.3 is 24.4 Å². The van der Waals surface area contributed by atoms with Crippen molar-refractivity contribution >= 4 is 18.0 Å². The molecule has 1 aliphatic carbocycles. The molecule has 2 saturated heterocycles. The third-order valence-corrected chi connectivity index (χ3v) is 9.32. The van der Waals surface area contributed by atoms with E-state index in [1.807, 2.05) is 17.0 Å². The SMILES string of the molecule is CCOC(=O)C[C@@H]1CCc2cc(OC)c(-c3cnc(N4CCC4)nc3CN3C(=O)OC(c4cc(C(F)(F)F)cc(C(F)(F)F)c4)[C@@H]3C)cc21. The van der Waals surface area contributed by atoms with E-state index < -0.39 is 47.3 Å². The Morgan fingerprint density at radius 2 is 1.71 bits per heavy atom. The second kappa shape index (κ2) is 13.0. The zero-order valence-corrected chi connectivity index (χ0v) is 27.0. The summed E-state index contributed by atoms with van der Waals surface area (Å²) in [5, 5.41) is 0. The normalized spacial score (nSPS) is 20.6. The summed E-state index contributed by atoms with van der Waals surface area (Å²) in [4.78, 5) is 38.2. The number of nitrogens with zero attached hydrogens (tertiary/aromatic N) is 4. The number of cyclic esters (lactones) is 1. The number of ether oxygens (including phenoxy) is 3. The molecule has 2 aromatic carbocycles. The molecule has 3 aliphatic rings. The Kier molecular flexibility index (Phi) is 9.14. The molecule has 3 aromatic rings. The molecule has 15 heteroatoms. The number of fused-ring (bicyclic) bond motifs is 1. The predicted molar refractivity (Wildman–Crippen MR) is 164 cm³/mol. The van der Waals surface area contributed by atoms with Gasteiger partial charge < -0.3 is 19.1 Å². The fourth-order valence-electron chi connectivity index (χ4n) is 6.62. The molecule has 49 heavy (non-hydrogen) atoms. The van der Waals surface area contributed by atoms with E-state index >= 15 is 0 Å². The summed E-state index contributed by atoms with van der Waals surface area (Å²) < 4.78 is 98.2. The lowest BCUT2D eigenvalue weighted by molar-refractivity contribution is -0.144. The smallest absolute Gasteiger partial charge is 0.416 e. The predicted octanol–water partition coefficient (Wildman–Crippen LogP) is 7.46. The highest BCUT2D eigenvalue weighted by Gasteiger charge is 2.44. The number of alkyl halides is 6. The van der Waals surface area contributed by atoms with Crippen molar-refractivity contribution in [3.8, 4) is 16.9 Å². The van der Waals surface area contributed by atoms with Crippen molar-refractivity contribution in [1.82, 2.24) is 14.9 Å². The molecule has 2 aliphatic heterocycles. The molecule has 0 spiro atoms. The fraction of sp³-hybridized carbons (Fsp3) is 0.471. The number of aryl methyl sites for hydroxylation is 1. The number of esters is 1. The molecule has 2 fully saturated rings. The van der Waals surface area contributed by atoms with Crippen LogP contribution >= 0.6 is 0 Å². The van der Waals surface area contributed by atoms with Crippen molar-refractivity contribution < 1.29 is 50.1 Å². The molecule has 6 rings (SSSR count). The molecule has 0 saturated carbocycles. The van der Waals surface area contributed by atoms with Gasteiger partial charge in [0.1, 0.15) is 11.9 Å². The third-order valence-electron chi connectivity index (χ3n) is 9.32. The molecule has 262 valence electrons. The number of aromatic nitrogens is 2. The van der Waals surface area contributed by atoms with Gasteiger partial charge in [-0.1, -0.05) is 0 Å². The highest BCUT2D eigenvalue weighted by molar-refractivity contribution is 5.77. The van der Waals surface area contributed by atoms with Crippen molar-refractivity contribution in [2.24, 2.45) is 0 Å². The highest BCUT2D eigenvalue weighted by atomic mass is 19.4. The van der Waals surface area contributed by atoms with Gasteiger partial charge in [0.25, 0.3) is 0 Å². The number of methoxy groups -OCH3 is 1. The van der Waals surface area contributed by atoms with E-state index in [0.717, 1.165) is 43.5 Å². The maximum Gasteiger partial charge on any atom is 0.416 e. The van der Waals surface area contributed by atoms with Crippen LogP contribution in [0.25, 0.3) is 11.1 Å². The Morgan fingerprint density at radius 1 is 1.02 bits per heavy atom. The standard InChI is InChI=1S/C34H34F6N4O5/c1-4-48-29(45)13-20-7-6-19-12-28(47-3)25(15-24(19)20)26-16-41-31(43-8-5-9-43)42-27(26)17-44-18(2)30(49-32(44)46)21-10-22(33(35,36)37)14-23(11-21)34(38,39)40/h10-12,14-16,18,20,30H,4-9,13,17H2,1-3H3/t18-,20-,30?/m0/s1. The van der Waals surface area contributed by atoms with Gasteiger partial charge in [0.15, 0.2) is 0 Å². The molecule has 1 aromatic heterocycles. The molecule has 1 unspecified atom stereocenters. The van der Waals surface area contributed by atoms with Gasteiger partial charge in [0.2, 0.25) is 5.95 Å². The molecule has 9 nitrogen and oxygen atoms in total. The molecule has 0 N–H and O–H groups in total. The summed E-state index contributed by atoms with van der Waals surface area (Å²) in [5.41, 5.74) is 0.0260. The van der Waals surface area contributed by atoms with Gasteiger partial charge in [-0.25, -0.2) is 14.8 Å². The number of anilines is 1. The van der Waals surface area contributed by atoms with Crippen molar-refractivity contribution in [1.29, 1.82) is 0 Å². The number of benzene rings is 2. The summed E-state index contributed by atoms with van der Waals surface area (Å²) in [6.07, 6.45) is -8.24.